The molecule has 3 heterocycles. The first-order chi connectivity index (χ1) is 12.1. The van der Waals surface area contributed by atoms with Gasteiger partial charge in [0.2, 0.25) is 0 Å². The van der Waals surface area contributed by atoms with Crippen LogP contribution in [0.15, 0.2) is 6.07 Å². The van der Waals surface area contributed by atoms with E-state index in [-0.39, 0.29) is 18.0 Å². The van der Waals surface area contributed by atoms with Crippen molar-refractivity contribution < 1.29 is 9.59 Å². The normalized spacial score (nSPS) is 17.6. The number of fused-ring (bicyclic) bond motifs is 1. The molecule has 25 heavy (non-hydrogen) atoms. The summed E-state index contributed by atoms with van der Waals surface area (Å²) in [5.41, 5.74) is 1.71. The van der Waals surface area contributed by atoms with Crippen LogP contribution in [0.5, 0.6) is 0 Å². The number of aryl methyl sites for hydroxylation is 2. The Morgan fingerprint density at radius 1 is 1.08 bits per heavy atom. The number of piperazine rings is 1. The number of hydrogen-bond acceptors (Lipinski definition) is 3. The van der Waals surface area contributed by atoms with Gasteiger partial charge in [0.15, 0.2) is 5.69 Å². The van der Waals surface area contributed by atoms with E-state index in [0.29, 0.717) is 31.9 Å². The van der Waals surface area contributed by atoms with Crippen LogP contribution in [0.2, 0.25) is 0 Å². The Hall–Kier alpha value is -2.05. The maximum atomic E-state index is 12.7. The van der Waals surface area contributed by atoms with Crippen LogP contribution in [0.4, 0.5) is 4.79 Å². The van der Waals surface area contributed by atoms with Gasteiger partial charge in [0.25, 0.3) is 5.91 Å². The molecule has 0 spiro atoms. The third-order valence-corrected chi connectivity index (χ3v) is 5.30. The highest BCUT2D eigenvalue weighted by molar-refractivity contribution is 5.92. The molecule has 0 bridgehead atoms. The summed E-state index contributed by atoms with van der Waals surface area (Å²) in [6.07, 6.45) is 5.18. The van der Waals surface area contributed by atoms with Gasteiger partial charge in [-0.15, -0.1) is 0 Å². The molecule has 0 aliphatic carbocycles. The topological polar surface area (TPSA) is 70.5 Å². The quantitative estimate of drug-likeness (QED) is 0.904. The lowest BCUT2D eigenvalue weighted by atomic mass is 10.1. The Kier molecular flexibility index (Phi) is 5.60. The molecule has 1 fully saturated rings. The molecule has 7 heteroatoms. The first-order valence-corrected chi connectivity index (χ1v) is 9.53. The van der Waals surface area contributed by atoms with Crippen molar-refractivity contribution in [3.63, 3.8) is 0 Å². The van der Waals surface area contributed by atoms with Gasteiger partial charge in [-0.25, -0.2) is 4.79 Å². The van der Waals surface area contributed by atoms with E-state index in [1.54, 1.807) is 4.90 Å². The van der Waals surface area contributed by atoms with E-state index >= 15 is 0 Å². The Bertz CT molecular complexity index is 591. The Balaban J connectivity index is 1.54. The fourth-order valence-electron chi connectivity index (χ4n) is 3.56. The average molecular weight is 347 g/mol. The van der Waals surface area contributed by atoms with Gasteiger partial charge in [0, 0.05) is 44.5 Å². The van der Waals surface area contributed by atoms with Crippen LogP contribution in [-0.2, 0) is 13.0 Å². The fraction of sp³-hybridized carbons (Fsp3) is 0.722. The molecule has 3 amide bonds. The number of hydrogen-bond donors (Lipinski definition) is 1. The average Bonchev–Trinajstić information content (AvgIpc) is 3.09. The third-order valence-electron chi connectivity index (χ3n) is 5.30. The van der Waals surface area contributed by atoms with Crippen LogP contribution in [-0.4, -0.2) is 63.7 Å². The summed E-state index contributed by atoms with van der Waals surface area (Å²) in [5, 5.41) is 7.54. The summed E-state index contributed by atoms with van der Waals surface area (Å²) in [7, 11) is 0. The highest BCUT2D eigenvalue weighted by atomic mass is 16.2. The van der Waals surface area contributed by atoms with Crippen molar-refractivity contribution in [3.8, 4) is 0 Å². The molecule has 7 nitrogen and oxygen atoms in total. The SMILES string of the molecule is CCC(CC)NC(=O)N1CCN(C(=O)c2cc3n(n2)CCCC3)CC1. The lowest BCUT2D eigenvalue weighted by Gasteiger charge is -2.35. The molecule has 0 aromatic carbocycles. The number of nitrogens with zero attached hydrogens (tertiary/aromatic N) is 4. The van der Waals surface area contributed by atoms with E-state index in [9.17, 15) is 9.59 Å². The van der Waals surface area contributed by atoms with Gasteiger partial charge in [-0.05, 0) is 38.2 Å². The fourth-order valence-corrected chi connectivity index (χ4v) is 3.56. The van der Waals surface area contributed by atoms with E-state index in [0.717, 1.165) is 37.9 Å². The summed E-state index contributed by atoms with van der Waals surface area (Å²) >= 11 is 0. The summed E-state index contributed by atoms with van der Waals surface area (Å²) in [6, 6.07) is 2.15. The van der Waals surface area contributed by atoms with Gasteiger partial charge >= 0.3 is 6.03 Å². The van der Waals surface area contributed by atoms with E-state index in [1.807, 2.05) is 15.6 Å². The Morgan fingerprint density at radius 3 is 2.40 bits per heavy atom. The number of aromatic nitrogens is 2. The largest absolute Gasteiger partial charge is 0.335 e. The smallest absolute Gasteiger partial charge is 0.317 e. The highest BCUT2D eigenvalue weighted by Gasteiger charge is 2.27. The molecule has 1 saturated heterocycles. The second-order valence-corrected chi connectivity index (χ2v) is 6.94. The molecule has 3 rings (SSSR count). The van der Waals surface area contributed by atoms with Crippen LogP contribution in [0, 0.1) is 0 Å². The molecule has 0 atom stereocenters. The molecule has 138 valence electrons. The van der Waals surface area contributed by atoms with Crippen molar-refractivity contribution >= 4 is 11.9 Å². The third kappa shape index (κ3) is 3.96. The first-order valence-electron chi connectivity index (χ1n) is 9.53. The van der Waals surface area contributed by atoms with Crippen LogP contribution in [0.3, 0.4) is 0 Å². The number of carbonyl (C=O) groups excluding carboxylic acids is 2. The zero-order valence-electron chi connectivity index (χ0n) is 15.3. The first kappa shape index (κ1) is 17.8. The molecule has 2 aliphatic rings. The van der Waals surface area contributed by atoms with Gasteiger partial charge in [-0.1, -0.05) is 13.8 Å². The molecule has 2 aliphatic heterocycles. The zero-order chi connectivity index (χ0) is 17.8. The molecule has 0 radical (unpaired) electrons. The van der Waals surface area contributed by atoms with Crippen molar-refractivity contribution in [2.45, 2.75) is 58.5 Å². The van der Waals surface area contributed by atoms with Crippen LogP contribution >= 0.6 is 0 Å². The summed E-state index contributed by atoms with van der Waals surface area (Å²) < 4.78 is 1.97. The molecule has 0 saturated carbocycles. The second-order valence-electron chi connectivity index (χ2n) is 6.94. The molecular formula is C18H29N5O2. The van der Waals surface area contributed by atoms with Gasteiger partial charge < -0.3 is 15.1 Å². The maximum absolute atomic E-state index is 12.7. The number of urea groups is 1. The molecular weight excluding hydrogens is 318 g/mol. The Labute approximate surface area is 149 Å². The van der Waals surface area contributed by atoms with Crippen LogP contribution in [0.25, 0.3) is 0 Å². The van der Waals surface area contributed by atoms with E-state index in [4.69, 9.17) is 0 Å². The van der Waals surface area contributed by atoms with Crippen LogP contribution in [0.1, 0.15) is 55.7 Å². The van der Waals surface area contributed by atoms with Crippen molar-refractivity contribution in [2.75, 3.05) is 26.2 Å². The predicted octanol–water partition coefficient (Wildman–Crippen LogP) is 1.88. The molecule has 1 aromatic heterocycles. The van der Waals surface area contributed by atoms with Crippen LogP contribution < -0.4 is 5.32 Å². The highest BCUT2D eigenvalue weighted by Crippen LogP contribution is 2.17. The van der Waals surface area contributed by atoms with Crippen molar-refractivity contribution in [2.24, 2.45) is 0 Å². The number of nitrogens with one attached hydrogen (secondary N) is 1. The maximum Gasteiger partial charge on any atom is 0.317 e. The molecule has 1 N–H and O–H groups in total. The minimum atomic E-state index is -0.0155. The molecule has 0 unspecified atom stereocenters. The molecule has 1 aromatic rings. The zero-order valence-corrected chi connectivity index (χ0v) is 15.3. The predicted molar refractivity (Wildman–Crippen MR) is 95.5 cm³/mol. The van der Waals surface area contributed by atoms with Crippen molar-refractivity contribution in [3.05, 3.63) is 17.5 Å². The summed E-state index contributed by atoms with van der Waals surface area (Å²) in [5.74, 6) is -0.0121. The van der Waals surface area contributed by atoms with E-state index in [2.05, 4.69) is 24.3 Å². The van der Waals surface area contributed by atoms with Crippen molar-refractivity contribution in [1.29, 1.82) is 0 Å². The van der Waals surface area contributed by atoms with E-state index < -0.39 is 0 Å². The lowest BCUT2D eigenvalue weighted by molar-refractivity contribution is 0.0656. The second kappa shape index (κ2) is 7.89. The van der Waals surface area contributed by atoms with Gasteiger partial charge in [0.05, 0.1) is 0 Å². The van der Waals surface area contributed by atoms with Gasteiger partial charge in [-0.3, -0.25) is 9.48 Å². The number of amides is 3. The summed E-state index contributed by atoms with van der Waals surface area (Å²) in [6.45, 7) is 7.35. The van der Waals surface area contributed by atoms with E-state index in [1.165, 1.54) is 6.42 Å². The minimum Gasteiger partial charge on any atom is -0.335 e. The summed E-state index contributed by atoms with van der Waals surface area (Å²) in [4.78, 5) is 28.6. The number of carbonyl (C=O) groups is 2. The number of rotatable bonds is 4. The minimum absolute atomic E-state index is 0.0121. The van der Waals surface area contributed by atoms with Gasteiger partial charge in [-0.2, -0.15) is 5.10 Å². The Morgan fingerprint density at radius 2 is 1.76 bits per heavy atom. The lowest BCUT2D eigenvalue weighted by Crippen LogP contribution is -2.54. The monoisotopic (exact) mass is 347 g/mol. The standard InChI is InChI=1S/C18H29N5O2/c1-3-14(4-2)19-18(25)22-11-9-21(10-12-22)17(24)16-13-15-7-5-6-8-23(15)20-16/h13-14H,3-12H2,1-2H3,(H,19,25). The van der Waals surface area contributed by atoms with Crippen molar-refractivity contribution in [1.82, 2.24) is 24.9 Å². The van der Waals surface area contributed by atoms with Gasteiger partial charge in [0.1, 0.15) is 0 Å².